The first-order chi connectivity index (χ1) is 7.60. The Hall–Kier alpha value is -1.32. The van der Waals surface area contributed by atoms with Gasteiger partial charge in [-0.3, -0.25) is 4.79 Å². The second-order valence-electron chi connectivity index (χ2n) is 3.99. The minimum absolute atomic E-state index is 0.0102. The van der Waals surface area contributed by atoms with Crippen molar-refractivity contribution in [1.82, 2.24) is 0 Å². The maximum atomic E-state index is 11.6. The van der Waals surface area contributed by atoms with Crippen molar-refractivity contribution < 1.29 is 19.4 Å². The Morgan fingerprint density at radius 3 is 2.75 bits per heavy atom. The van der Waals surface area contributed by atoms with Crippen LogP contribution in [-0.4, -0.2) is 23.5 Å². The summed E-state index contributed by atoms with van der Waals surface area (Å²) in [6, 6.07) is 0. The zero-order valence-corrected chi connectivity index (χ0v) is 9.78. The first-order valence-corrected chi connectivity index (χ1v) is 5.70. The highest BCUT2D eigenvalue weighted by Crippen LogP contribution is 2.31. The summed E-state index contributed by atoms with van der Waals surface area (Å²) in [6.07, 6.45) is 1.90. The topological polar surface area (TPSA) is 63.6 Å². The largest absolute Gasteiger partial charge is 0.511 e. The molecule has 0 saturated heterocycles. The number of aliphatic hydroxyl groups excluding tert-OH is 1. The molecular formula is C12H18O4. The molecule has 0 amide bonds. The van der Waals surface area contributed by atoms with E-state index in [-0.39, 0.29) is 30.5 Å². The van der Waals surface area contributed by atoms with Crippen LogP contribution in [0.3, 0.4) is 0 Å². The van der Waals surface area contributed by atoms with E-state index in [4.69, 9.17) is 4.74 Å². The fourth-order valence-electron chi connectivity index (χ4n) is 2.05. The van der Waals surface area contributed by atoms with Gasteiger partial charge < -0.3 is 9.84 Å². The summed E-state index contributed by atoms with van der Waals surface area (Å²) >= 11 is 0. The Kier molecular flexibility index (Phi) is 4.52. The fourth-order valence-corrected chi connectivity index (χ4v) is 2.05. The second-order valence-corrected chi connectivity index (χ2v) is 3.99. The van der Waals surface area contributed by atoms with Crippen molar-refractivity contribution in [3.8, 4) is 0 Å². The smallest absolute Gasteiger partial charge is 0.337 e. The Bertz CT molecular complexity index is 317. The molecule has 0 aromatic carbocycles. The lowest BCUT2D eigenvalue weighted by atomic mass is 9.83. The van der Waals surface area contributed by atoms with Crippen LogP contribution < -0.4 is 0 Å². The maximum absolute atomic E-state index is 11.6. The predicted octanol–water partition coefficient (Wildman–Crippen LogP) is 2.14. The highest BCUT2D eigenvalue weighted by atomic mass is 16.5. The summed E-state index contributed by atoms with van der Waals surface area (Å²) in [6.45, 7) is 3.99. The quantitative estimate of drug-likeness (QED) is 0.746. The molecule has 16 heavy (non-hydrogen) atoms. The van der Waals surface area contributed by atoms with E-state index in [1.807, 2.05) is 6.92 Å². The summed E-state index contributed by atoms with van der Waals surface area (Å²) in [5, 5.41) is 9.69. The molecule has 0 radical (unpaired) electrons. The maximum Gasteiger partial charge on any atom is 0.337 e. The van der Waals surface area contributed by atoms with Crippen molar-refractivity contribution in [3.05, 3.63) is 11.3 Å². The number of Topliss-reactive ketones (excluding diaryl/α,β-unsaturated/α-hetero) is 1. The highest BCUT2D eigenvalue weighted by Gasteiger charge is 2.32. The minimum Gasteiger partial charge on any atom is -0.511 e. The third-order valence-corrected chi connectivity index (χ3v) is 2.69. The van der Waals surface area contributed by atoms with Crippen LogP contribution >= 0.6 is 0 Å². The zero-order chi connectivity index (χ0) is 12.1. The molecule has 1 atom stereocenters. The Labute approximate surface area is 95.3 Å². The fraction of sp³-hybridized carbons (Fsp3) is 0.667. The summed E-state index contributed by atoms with van der Waals surface area (Å²) in [5.41, 5.74) is 0.309. The number of rotatable bonds is 4. The molecule has 0 aromatic heterocycles. The molecule has 1 aliphatic carbocycles. The van der Waals surface area contributed by atoms with Crippen LogP contribution in [-0.2, 0) is 14.3 Å². The van der Waals surface area contributed by atoms with E-state index in [9.17, 15) is 14.7 Å². The van der Waals surface area contributed by atoms with Crippen molar-refractivity contribution >= 4 is 11.8 Å². The molecule has 90 valence electrons. The third kappa shape index (κ3) is 2.84. The lowest BCUT2D eigenvalue weighted by Crippen LogP contribution is -2.25. The van der Waals surface area contributed by atoms with Crippen molar-refractivity contribution in [2.24, 2.45) is 5.92 Å². The number of hydrogen-bond donors (Lipinski definition) is 1. The lowest BCUT2D eigenvalue weighted by molar-refractivity contribution is -0.139. The van der Waals surface area contributed by atoms with Gasteiger partial charge in [0.05, 0.1) is 18.6 Å². The molecule has 0 spiro atoms. The van der Waals surface area contributed by atoms with Gasteiger partial charge in [0.25, 0.3) is 0 Å². The molecule has 1 unspecified atom stereocenters. The van der Waals surface area contributed by atoms with Crippen LogP contribution in [0.5, 0.6) is 0 Å². The Balaban J connectivity index is 2.92. The third-order valence-electron chi connectivity index (χ3n) is 2.69. The first kappa shape index (κ1) is 12.7. The van der Waals surface area contributed by atoms with Gasteiger partial charge in [0, 0.05) is 12.3 Å². The van der Waals surface area contributed by atoms with Gasteiger partial charge in [-0.1, -0.05) is 13.3 Å². The highest BCUT2D eigenvalue weighted by molar-refractivity contribution is 5.94. The molecule has 1 rings (SSSR count). The molecular weight excluding hydrogens is 208 g/mol. The van der Waals surface area contributed by atoms with Gasteiger partial charge in [-0.15, -0.1) is 0 Å². The van der Waals surface area contributed by atoms with Gasteiger partial charge in [0.15, 0.2) is 0 Å². The number of esters is 1. The summed E-state index contributed by atoms with van der Waals surface area (Å²) < 4.78 is 4.90. The number of ketones is 1. The summed E-state index contributed by atoms with van der Waals surface area (Å²) in [4.78, 5) is 23.0. The van der Waals surface area contributed by atoms with E-state index in [0.717, 1.165) is 12.8 Å². The molecule has 4 heteroatoms. The molecule has 1 N–H and O–H groups in total. The van der Waals surface area contributed by atoms with Crippen LogP contribution in [0.15, 0.2) is 11.3 Å². The summed E-state index contributed by atoms with van der Waals surface area (Å²) in [5.74, 6) is -0.770. The van der Waals surface area contributed by atoms with Gasteiger partial charge in [0.2, 0.25) is 0 Å². The normalized spacial score (nSPS) is 21.1. The molecule has 0 heterocycles. The number of hydrogen-bond acceptors (Lipinski definition) is 4. The number of ether oxygens (including phenoxy) is 1. The molecule has 0 fully saturated rings. The molecule has 0 aromatic rings. The van der Waals surface area contributed by atoms with Crippen molar-refractivity contribution in [3.63, 3.8) is 0 Å². The van der Waals surface area contributed by atoms with Crippen LogP contribution in [0, 0.1) is 5.92 Å². The van der Waals surface area contributed by atoms with Crippen LogP contribution in [0.25, 0.3) is 0 Å². The Morgan fingerprint density at radius 2 is 2.19 bits per heavy atom. The zero-order valence-electron chi connectivity index (χ0n) is 9.78. The first-order valence-electron chi connectivity index (χ1n) is 5.70. The second kappa shape index (κ2) is 5.68. The molecule has 0 aliphatic heterocycles. The average Bonchev–Trinajstić information content (AvgIpc) is 2.17. The van der Waals surface area contributed by atoms with Gasteiger partial charge in [-0.25, -0.2) is 4.79 Å². The van der Waals surface area contributed by atoms with E-state index >= 15 is 0 Å². The van der Waals surface area contributed by atoms with Crippen LogP contribution in [0.2, 0.25) is 0 Å². The number of aliphatic hydroxyl groups is 1. The molecule has 4 nitrogen and oxygen atoms in total. The van der Waals surface area contributed by atoms with E-state index < -0.39 is 5.97 Å². The van der Waals surface area contributed by atoms with E-state index in [0.29, 0.717) is 12.0 Å². The van der Waals surface area contributed by atoms with Gasteiger partial charge in [-0.2, -0.15) is 0 Å². The lowest BCUT2D eigenvalue weighted by Gasteiger charge is -2.23. The number of carbonyl (C=O) groups is 2. The average molecular weight is 226 g/mol. The van der Waals surface area contributed by atoms with Crippen LogP contribution in [0.1, 0.15) is 39.5 Å². The monoisotopic (exact) mass is 226 g/mol. The van der Waals surface area contributed by atoms with Crippen molar-refractivity contribution in [2.75, 3.05) is 6.61 Å². The van der Waals surface area contributed by atoms with E-state index in [1.165, 1.54) is 0 Å². The predicted molar refractivity (Wildman–Crippen MR) is 58.9 cm³/mol. The van der Waals surface area contributed by atoms with Gasteiger partial charge >= 0.3 is 5.97 Å². The Morgan fingerprint density at radius 1 is 1.50 bits per heavy atom. The van der Waals surface area contributed by atoms with E-state index in [1.54, 1.807) is 6.92 Å². The summed E-state index contributed by atoms with van der Waals surface area (Å²) in [7, 11) is 0. The molecule has 0 saturated carbocycles. The molecule has 0 bridgehead atoms. The molecule has 1 aliphatic rings. The van der Waals surface area contributed by atoms with E-state index in [2.05, 4.69) is 0 Å². The SMILES string of the molecule is CCCC1CC(=O)CC(O)=C1C(=O)OCC. The van der Waals surface area contributed by atoms with Gasteiger partial charge in [0.1, 0.15) is 11.5 Å². The van der Waals surface area contributed by atoms with Crippen molar-refractivity contribution in [2.45, 2.75) is 39.5 Å². The number of carbonyl (C=O) groups excluding carboxylic acids is 2. The van der Waals surface area contributed by atoms with Crippen molar-refractivity contribution in [1.29, 1.82) is 0 Å². The minimum atomic E-state index is -0.481. The number of allylic oxidation sites excluding steroid dienone is 1. The van der Waals surface area contributed by atoms with Crippen LogP contribution in [0.4, 0.5) is 0 Å². The van der Waals surface area contributed by atoms with Gasteiger partial charge in [-0.05, 0) is 13.3 Å². The standard InChI is InChI=1S/C12H18O4/c1-3-5-8-6-9(13)7-10(14)11(8)12(15)16-4-2/h8,14H,3-7H2,1-2H3.